The van der Waals surface area contributed by atoms with E-state index in [0.29, 0.717) is 23.9 Å². The van der Waals surface area contributed by atoms with E-state index in [1.165, 1.54) is 50.0 Å². The average Bonchev–Trinajstić information content (AvgIpc) is 2.53. The molecule has 0 heterocycles. The average molecular weight is 367 g/mol. The van der Waals surface area contributed by atoms with Crippen LogP contribution in [0.3, 0.4) is 0 Å². The second-order valence-corrected chi connectivity index (χ2v) is 10.2. The second kappa shape index (κ2) is 8.23. The van der Waals surface area contributed by atoms with Gasteiger partial charge in [0.2, 0.25) is 12.2 Å². The van der Waals surface area contributed by atoms with Gasteiger partial charge in [0.05, 0.1) is 13.1 Å². The molecule has 4 saturated carbocycles. The monoisotopic (exact) mass is 366 g/mol. The molecule has 0 aromatic carbocycles. The van der Waals surface area contributed by atoms with Crippen molar-refractivity contribution >= 4 is 35.7 Å². The standard InChI is InChI=1S/C18H26N2O2S2/c21-13-19-1-3-23-11-17-6-15-5-16(7-17)9-18(8-15,10-17)12-24-4-2-20-14-22/h15-16H,1-12H2. The third-order valence-corrected chi connectivity index (χ3v) is 8.52. The lowest BCUT2D eigenvalue weighted by atomic mass is 9.45. The van der Waals surface area contributed by atoms with E-state index in [4.69, 9.17) is 0 Å². The molecule has 0 unspecified atom stereocenters. The van der Waals surface area contributed by atoms with Crippen molar-refractivity contribution in [2.75, 3.05) is 36.1 Å². The van der Waals surface area contributed by atoms with E-state index in [9.17, 15) is 9.59 Å². The van der Waals surface area contributed by atoms with E-state index in [1.807, 2.05) is 23.5 Å². The summed E-state index contributed by atoms with van der Waals surface area (Å²) in [7, 11) is 0. The molecule has 4 aliphatic rings. The number of hydrogen-bond donors (Lipinski definition) is 0. The van der Waals surface area contributed by atoms with Gasteiger partial charge in [-0.2, -0.15) is 23.5 Å². The molecule has 4 aliphatic carbocycles. The van der Waals surface area contributed by atoms with Gasteiger partial charge in [-0.1, -0.05) is 0 Å². The Labute approximate surface area is 152 Å². The van der Waals surface area contributed by atoms with Crippen LogP contribution >= 0.6 is 23.5 Å². The number of thioether (sulfide) groups is 2. The zero-order chi connectivity index (χ0) is 16.9. The van der Waals surface area contributed by atoms with Gasteiger partial charge in [0.15, 0.2) is 0 Å². The summed E-state index contributed by atoms with van der Waals surface area (Å²) in [5, 5.41) is 0. The molecular weight excluding hydrogens is 340 g/mol. The molecule has 4 nitrogen and oxygen atoms in total. The quantitative estimate of drug-likeness (QED) is 0.336. The van der Waals surface area contributed by atoms with Gasteiger partial charge in [0.25, 0.3) is 0 Å². The first-order valence-electron chi connectivity index (χ1n) is 8.92. The Morgan fingerprint density at radius 3 is 1.71 bits per heavy atom. The van der Waals surface area contributed by atoms with Crippen LogP contribution < -0.4 is 0 Å². The summed E-state index contributed by atoms with van der Waals surface area (Å²) in [6, 6.07) is 0. The zero-order valence-corrected chi connectivity index (χ0v) is 15.8. The summed E-state index contributed by atoms with van der Waals surface area (Å²) in [6.07, 6.45) is 11.7. The van der Waals surface area contributed by atoms with E-state index < -0.39 is 0 Å². The molecule has 0 radical (unpaired) electrons. The van der Waals surface area contributed by atoms with Crippen LogP contribution in [-0.2, 0) is 9.59 Å². The van der Waals surface area contributed by atoms with Crippen molar-refractivity contribution in [2.45, 2.75) is 38.5 Å². The lowest BCUT2D eigenvalue weighted by Crippen LogP contribution is -2.53. The van der Waals surface area contributed by atoms with E-state index >= 15 is 0 Å². The predicted octanol–water partition coefficient (Wildman–Crippen LogP) is 3.71. The topological polar surface area (TPSA) is 58.9 Å². The molecule has 0 aromatic heterocycles. The minimum Gasteiger partial charge on any atom is -0.211 e. The fraction of sp³-hybridized carbons (Fsp3) is 0.889. The normalized spacial score (nSPS) is 36.2. The lowest BCUT2D eigenvalue weighted by Gasteiger charge is -2.62. The summed E-state index contributed by atoms with van der Waals surface area (Å²) in [5.74, 6) is 6.20. The molecule has 0 spiro atoms. The van der Waals surface area contributed by atoms with Crippen molar-refractivity contribution < 1.29 is 9.59 Å². The van der Waals surface area contributed by atoms with Gasteiger partial charge in [-0.25, -0.2) is 19.6 Å². The molecule has 4 bridgehead atoms. The van der Waals surface area contributed by atoms with Gasteiger partial charge in [-0.15, -0.1) is 0 Å². The summed E-state index contributed by atoms with van der Waals surface area (Å²) >= 11 is 3.96. The summed E-state index contributed by atoms with van der Waals surface area (Å²) in [4.78, 5) is 27.7. The Morgan fingerprint density at radius 2 is 1.29 bits per heavy atom. The van der Waals surface area contributed by atoms with Crippen LogP contribution in [0.4, 0.5) is 0 Å². The molecular formula is C18H26N2O2S2. The molecule has 24 heavy (non-hydrogen) atoms. The number of aliphatic imine (C=N–C) groups is 2. The van der Waals surface area contributed by atoms with Crippen molar-refractivity contribution in [3.8, 4) is 0 Å². The van der Waals surface area contributed by atoms with Crippen LogP contribution in [0.5, 0.6) is 0 Å². The van der Waals surface area contributed by atoms with E-state index in [0.717, 1.165) is 23.3 Å². The highest BCUT2D eigenvalue weighted by molar-refractivity contribution is 7.99. The van der Waals surface area contributed by atoms with E-state index in [2.05, 4.69) is 9.98 Å². The predicted molar refractivity (Wildman–Crippen MR) is 100 cm³/mol. The molecule has 0 amide bonds. The molecule has 0 aliphatic heterocycles. The lowest BCUT2D eigenvalue weighted by molar-refractivity contribution is -0.0870. The van der Waals surface area contributed by atoms with Crippen LogP contribution in [0.25, 0.3) is 0 Å². The van der Waals surface area contributed by atoms with Crippen LogP contribution in [0.2, 0.25) is 0 Å². The molecule has 4 fully saturated rings. The van der Waals surface area contributed by atoms with Gasteiger partial charge < -0.3 is 0 Å². The minimum atomic E-state index is 0.529. The van der Waals surface area contributed by atoms with Gasteiger partial charge in [-0.05, 0) is 72.7 Å². The molecule has 0 N–H and O–H groups in total. The van der Waals surface area contributed by atoms with E-state index in [1.54, 1.807) is 12.2 Å². The maximum Gasteiger partial charge on any atom is 0.234 e. The first-order chi connectivity index (χ1) is 11.7. The largest absolute Gasteiger partial charge is 0.234 e. The van der Waals surface area contributed by atoms with Crippen molar-refractivity contribution in [2.24, 2.45) is 32.7 Å². The summed E-state index contributed by atoms with van der Waals surface area (Å²) in [5.41, 5.74) is 1.06. The second-order valence-electron chi connectivity index (χ2n) is 8.01. The van der Waals surface area contributed by atoms with Gasteiger partial charge in [0, 0.05) is 11.5 Å². The van der Waals surface area contributed by atoms with Crippen molar-refractivity contribution in [1.82, 2.24) is 0 Å². The number of hydrogen-bond acceptors (Lipinski definition) is 6. The van der Waals surface area contributed by atoms with Crippen LogP contribution in [0.15, 0.2) is 9.98 Å². The molecule has 0 aromatic rings. The Hall–Kier alpha value is -0.540. The summed E-state index contributed by atoms with van der Waals surface area (Å²) < 4.78 is 0. The third-order valence-electron chi connectivity index (χ3n) is 5.94. The first-order valence-corrected chi connectivity index (χ1v) is 11.2. The molecule has 132 valence electrons. The minimum absolute atomic E-state index is 0.529. The third kappa shape index (κ3) is 4.35. The number of nitrogens with zero attached hydrogens (tertiary/aromatic N) is 2. The Balaban J connectivity index is 1.55. The molecule has 4 rings (SSSR count). The van der Waals surface area contributed by atoms with Crippen molar-refractivity contribution in [3.05, 3.63) is 0 Å². The molecule has 0 atom stereocenters. The Kier molecular flexibility index (Phi) is 6.26. The summed E-state index contributed by atoms with van der Waals surface area (Å²) in [6.45, 7) is 1.21. The smallest absolute Gasteiger partial charge is 0.211 e. The van der Waals surface area contributed by atoms with Crippen LogP contribution in [0, 0.1) is 22.7 Å². The SMILES string of the molecule is O=C=NCCSCC12CC3CC(C1)CC(CSCCN=C=O)(C3)C2. The Morgan fingerprint density at radius 1 is 0.833 bits per heavy atom. The Bertz CT molecular complexity index is 483. The first kappa shape index (κ1) is 18.3. The zero-order valence-electron chi connectivity index (χ0n) is 14.2. The number of isocyanates is 2. The fourth-order valence-electron chi connectivity index (χ4n) is 5.88. The van der Waals surface area contributed by atoms with Crippen molar-refractivity contribution in [1.29, 1.82) is 0 Å². The number of carbonyl (C=O) groups excluding carboxylic acids is 2. The van der Waals surface area contributed by atoms with Gasteiger partial charge >= 0.3 is 0 Å². The molecule has 0 saturated heterocycles. The highest BCUT2D eigenvalue weighted by Crippen LogP contribution is 2.66. The van der Waals surface area contributed by atoms with Crippen molar-refractivity contribution in [3.63, 3.8) is 0 Å². The van der Waals surface area contributed by atoms with Gasteiger partial charge in [-0.3, -0.25) is 0 Å². The fourth-order valence-corrected chi connectivity index (χ4v) is 8.15. The highest BCUT2D eigenvalue weighted by Gasteiger charge is 2.57. The van der Waals surface area contributed by atoms with Crippen LogP contribution in [0.1, 0.15) is 38.5 Å². The van der Waals surface area contributed by atoms with Crippen LogP contribution in [-0.4, -0.2) is 48.3 Å². The highest BCUT2D eigenvalue weighted by atomic mass is 32.2. The maximum absolute atomic E-state index is 10.2. The number of rotatable bonds is 10. The molecule has 6 heteroatoms. The maximum atomic E-state index is 10.2. The van der Waals surface area contributed by atoms with Gasteiger partial charge in [0.1, 0.15) is 0 Å². The van der Waals surface area contributed by atoms with E-state index in [-0.39, 0.29) is 0 Å².